The van der Waals surface area contributed by atoms with E-state index in [4.69, 9.17) is 28.1 Å². The first-order valence-corrected chi connectivity index (χ1v) is 20.6. The number of methoxy groups -OCH3 is 2. The van der Waals surface area contributed by atoms with Gasteiger partial charge in [0.15, 0.2) is 6.61 Å². The third-order valence-corrected chi connectivity index (χ3v) is 16.5. The lowest BCUT2D eigenvalue weighted by atomic mass is 9.84. The van der Waals surface area contributed by atoms with Crippen molar-refractivity contribution in [2.45, 2.75) is 102 Å². The molecule has 0 spiro atoms. The lowest BCUT2D eigenvalue weighted by Crippen LogP contribution is -2.59. The number of hydrogen-bond acceptors (Lipinski definition) is 8. The number of piperidine rings is 1. The zero-order valence-corrected chi connectivity index (χ0v) is 32.9. The van der Waals surface area contributed by atoms with E-state index in [2.05, 4.69) is 53.7 Å². The van der Waals surface area contributed by atoms with Gasteiger partial charge in [-0.05, 0) is 71.3 Å². The Kier molecular flexibility index (Phi) is 15.2. The molecule has 0 radical (unpaired) electrons. The molecular weight excluding hydrogens is 669 g/mol. The molecule has 2 aromatic carbocycles. The number of rotatable bonds is 19. The van der Waals surface area contributed by atoms with Gasteiger partial charge < -0.3 is 43.0 Å². The van der Waals surface area contributed by atoms with Crippen molar-refractivity contribution in [2.75, 3.05) is 65.2 Å². The van der Waals surface area contributed by atoms with Crippen LogP contribution in [0.4, 0.5) is 10.5 Å². The molecule has 2 heterocycles. The lowest BCUT2D eigenvalue weighted by Gasteiger charge is -2.50. The maximum absolute atomic E-state index is 12.8. The van der Waals surface area contributed by atoms with E-state index in [1.807, 2.05) is 30.3 Å². The fourth-order valence-electron chi connectivity index (χ4n) is 7.98. The predicted octanol–water partition coefficient (Wildman–Crippen LogP) is 7.48. The highest BCUT2D eigenvalue weighted by molar-refractivity contribution is 6.77. The standard InChI is InChI=1S/C39H60N2O9Si/c1-27(2)51(28(3)4,29(5)6)50-36-24-40(39(43)44)23-35(38(36)31-13-15-32(16-14-31)47-21-10-9-19-45-7)48-25-30-12-17-34-33(22-30)41(18-11-20-46-8)37(42)26-49-34/h12-17,22,27-29,35-36,38H,9-11,18-21,23-26H2,1-8H3,(H,43,44)/t35-,36+,38+/m0/s1. The van der Waals surface area contributed by atoms with Gasteiger partial charge in [-0.15, -0.1) is 0 Å². The van der Waals surface area contributed by atoms with E-state index >= 15 is 0 Å². The van der Waals surface area contributed by atoms with Crippen molar-refractivity contribution < 1.29 is 42.8 Å². The highest BCUT2D eigenvalue weighted by Gasteiger charge is 2.51. The molecule has 2 aliphatic rings. The number of fused-ring (bicyclic) bond motifs is 1. The van der Waals surface area contributed by atoms with E-state index in [9.17, 15) is 14.7 Å². The molecule has 2 amide bonds. The van der Waals surface area contributed by atoms with Gasteiger partial charge in [0.2, 0.25) is 8.32 Å². The molecule has 0 unspecified atom stereocenters. The molecule has 0 bridgehead atoms. The summed E-state index contributed by atoms with van der Waals surface area (Å²) in [6.07, 6.45) is 0.631. The first kappa shape index (κ1) is 40.6. The molecule has 1 saturated heterocycles. The van der Waals surface area contributed by atoms with E-state index in [-0.39, 0.29) is 38.1 Å². The van der Waals surface area contributed by atoms with E-state index in [0.717, 1.165) is 29.7 Å². The smallest absolute Gasteiger partial charge is 0.407 e. The number of unbranched alkanes of at least 4 members (excludes halogenated alkanes) is 1. The summed E-state index contributed by atoms with van der Waals surface area (Å²) in [5.74, 6) is 1.10. The van der Waals surface area contributed by atoms with Crippen molar-refractivity contribution in [1.82, 2.24) is 4.90 Å². The van der Waals surface area contributed by atoms with Crippen molar-refractivity contribution in [3.05, 3.63) is 53.6 Å². The van der Waals surface area contributed by atoms with Crippen LogP contribution in [-0.2, 0) is 30.0 Å². The average Bonchev–Trinajstić information content (AvgIpc) is 3.10. The molecule has 4 rings (SSSR count). The lowest BCUT2D eigenvalue weighted by molar-refractivity contribution is -0.121. The molecule has 51 heavy (non-hydrogen) atoms. The number of amides is 2. The number of ether oxygens (including phenoxy) is 5. The van der Waals surface area contributed by atoms with Crippen LogP contribution in [0.15, 0.2) is 42.5 Å². The Balaban J connectivity index is 1.67. The summed E-state index contributed by atoms with van der Waals surface area (Å²) < 4.78 is 36.3. The van der Waals surface area contributed by atoms with Gasteiger partial charge in [-0.3, -0.25) is 4.79 Å². The fourth-order valence-corrected chi connectivity index (χ4v) is 13.5. The minimum atomic E-state index is -2.43. The van der Waals surface area contributed by atoms with E-state index in [1.54, 1.807) is 19.1 Å². The van der Waals surface area contributed by atoms with Crippen LogP contribution < -0.4 is 14.4 Å². The Morgan fingerprint density at radius 2 is 1.51 bits per heavy atom. The van der Waals surface area contributed by atoms with Crippen LogP contribution in [0.5, 0.6) is 11.5 Å². The van der Waals surface area contributed by atoms with Crippen LogP contribution in [0.1, 0.15) is 77.8 Å². The van der Waals surface area contributed by atoms with Crippen molar-refractivity contribution in [3.63, 3.8) is 0 Å². The van der Waals surface area contributed by atoms with Gasteiger partial charge in [-0.25, -0.2) is 4.79 Å². The molecule has 12 heteroatoms. The Labute approximate surface area is 305 Å². The Morgan fingerprint density at radius 3 is 2.14 bits per heavy atom. The summed E-state index contributed by atoms with van der Waals surface area (Å²) in [7, 11) is 0.924. The highest BCUT2D eigenvalue weighted by Crippen LogP contribution is 2.46. The Hall–Kier alpha value is -3.16. The zero-order chi connectivity index (χ0) is 37.1. The number of carbonyl (C=O) groups excluding carboxylic acids is 1. The summed E-state index contributed by atoms with van der Waals surface area (Å²) in [4.78, 5) is 28.6. The SMILES string of the molecule is COCCCCOc1ccc([C@@H]2[C@@H](OCc3ccc4c(c3)N(CCCOC)C(=O)CO4)CN(C(=O)O)C[C@H]2O[Si](C(C)C)(C(C)C)C(C)C)cc1. The minimum absolute atomic E-state index is 0.00240. The Morgan fingerprint density at radius 1 is 0.882 bits per heavy atom. The fraction of sp³-hybridized carbons (Fsp3) is 0.641. The molecule has 2 aliphatic heterocycles. The largest absolute Gasteiger partial charge is 0.494 e. The number of carboxylic acid groups (broad SMARTS) is 1. The van der Waals surface area contributed by atoms with Crippen molar-refractivity contribution in [1.29, 1.82) is 0 Å². The molecule has 11 nitrogen and oxygen atoms in total. The van der Waals surface area contributed by atoms with E-state index < -0.39 is 26.6 Å². The van der Waals surface area contributed by atoms with Crippen LogP contribution in [0, 0.1) is 0 Å². The summed E-state index contributed by atoms with van der Waals surface area (Å²) in [6.45, 7) is 16.5. The van der Waals surface area contributed by atoms with Gasteiger partial charge in [0.05, 0.1) is 37.7 Å². The topological polar surface area (TPSA) is 116 Å². The number of nitrogens with zero attached hydrogens (tertiary/aromatic N) is 2. The molecule has 1 fully saturated rings. The zero-order valence-electron chi connectivity index (χ0n) is 31.9. The monoisotopic (exact) mass is 728 g/mol. The number of carbonyl (C=O) groups is 2. The molecule has 284 valence electrons. The van der Waals surface area contributed by atoms with Gasteiger partial charge in [0.1, 0.15) is 11.5 Å². The molecule has 0 saturated carbocycles. The van der Waals surface area contributed by atoms with Crippen molar-refractivity contribution >= 4 is 26.0 Å². The molecule has 0 aromatic heterocycles. The normalized spacial score (nSPS) is 19.5. The van der Waals surface area contributed by atoms with Crippen LogP contribution in [0.2, 0.25) is 16.6 Å². The number of anilines is 1. The van der Waals surface area contributed by atoms with Crippen LogP contribution in [0.3, 0.4) is 0 Å². The minimum Gasteiger partial charge on any atom is -0.494 e. The number of likely N-dealkylation sites (tertiary alicyclic amines) is 1. The first-order chi connectivity index (χ1) is 24.4. The van der Waals surface area contributed by atoms with Gasteiger partial charge in [0, 0.05) is 46.4 Å². The van der Waals surface area contributed by atoms with Gasteiger partial charge >= 0.3 is 6.09 Å². The van der Waals surface area contributed by atoms with Gasteiger partial charge in [-0.2, -0.15) is 0 Å². The van der Waals surface area contributed by atoms with Crippen LogP contribution in [0.25, 0.3) is 0 Å². The molecule has 0 aliphatic carbocycles. The van der Waals surface area contributed by atoms with Gasteiger partial charge in [-0.1, -0.05) is 59.7 Å². The second kappa shape index (κ2) is 19.1. The van der Waals surface area contributed by atoms with Crippen molar-refractivity contribution in [2.24, 2.45) is 0 Å². The predicted molar refractivity (Wildman–Crippen MR) is 201 cm³/mol. The van der Waals surface area contributed by atoms with E-state index in [0.29, 0.717) is 60.8 Å². The molecule has 3 atom stereocenters. The van der Waals surface area contributed by atoms with Crippen molar-refractivity contribution in [3.8, 4) is 11.5 Å². The van der Waals surface area contributed by atoms with Gasteiger partial charge in [0.25, 0.3) is 5.91 Å². The quantitative estimate of drug-likeness (QED) is 0.116. The summed E-state index contributed by atoms with van der Waals surface area (Å²) >= 11 is 0. The molecule has 2 aromatic rings. The number of benzene rings is 2. The second-order valence-corrected chi connectivity index (χ2v) is 20.0. The molecule has 1 N–H and O–H groups in total. The second-order valence-electron chi connectivity index (χ2n) is 14.6. The summed E-state index contributed by atoms with van der Waals surface area (Å²) in [6, 6.07) is 13.9. The van der Waals surface area contributed by atoms with Crippen LogP contribution in [-0.4, -0.2) is 103 Å². The summed E-state index contributed by atoms with van der Waals surface area (Å²) in [5, 5.41) is 10.3. The first-order valence-electron chi connectivity index (χ1n) is 18.5. The Bertz CT molecular complexity index is 1380. The number of hydrogen-bond donors (Lipinski definition) is 1. The highest BCUT2D eigenvalue weighted by atomic mass is 28.4. The third kappa shape index (κ3) is 10.0. The van der Waals surface area contributed by atoms with E-state index in [1.165, 1.54) is 4.90 Å². The maximum Gasteiger partial charge on any atom is 0.407 e. The van der Waals surface area contributed by atoms with Crippen LogP contribution >= 0.6 is 0 Å². The third-order valence-electron chi connectivity index (χ3n) is 10.4. The average molecular weight is 729 g/mol. The maximum atomic E-state index is 12.8. The molecular formula is C39H60N2O9Si. The summed E-state index contributed by atoms with van der Waals surface area (Å²) in [5.41, 5.74) is 3.54.